The quantitative estimate of drug-likeness (QED) is 0.0985. The number of aromatic nitrogens is 3. The van der Waals surface area contributed by atoms with Crippen LogP contribution in [0.15, 0.2) is 146 Å². The number of amides is 3. The van der Waals surface area contributed by atoms with Gasteiger partial charge in [-0.05, 0) is 73.9 Å². The topological polar surface area (TPSA) is 136 Å². The van der Waals surface area contributed by atoms with Gasteiger partial charge >= 0.3 is 0 Å². The fourth-order valence-corrected chi connectivity index (χ4v) is 7.71. The standard InChI is InChI=1S/C51H57N9O3/c1-37(40-16-7-4-8-17-40)52-49(61)46-25-13-22-43(55-46)34-58-28-30-59(35-44-23-14-26-47(56-44)50(62)53-38(2)41-18-9-5-10-19-41)32-33-60(31-29-58)36-45-24-15-27-48(57-45)51(63)54-39(3)42-20-11-6-12-21-42/h4-27,37-39H,28-36H2,1-3H3,(H,52,61)(H,53,62)(H,54,63)/t37-,38-,39-/m0/s1. The minimum atomic E-state index is -0.217. The first-order valence-electron chi connectivity index (χ1n) is 21.8. The zero-order valence-corrected chi connectivity index (χ0v) is 36.4. The van der Waals surface area contributed by atoms with Crippen LogP contribution in [0.2, 0.25) is 0 Å². The molecule has 1 saturated heterocycles. The molecule has 3 N–H and O–H groups in total. The summed E-state index contributed by atoms with van der Waals surface area (Å²) in [5, 5.41) is 9.28. The molecule has 0 saturated carbocycles. The lowest BCUT2D eigenvalue weighted by molar-refractivity contribution is 0.0926. The van der Waals surface area contributed by atoms with E-state index in [2.05, 4.69) is 30.7 Å². The summed E-state index contributed by atoms with van der Waals surface area (Å²) in [6.07, 6.45) is 0. The van der Waals surface area contributed by atoms with Crippen molar-refractivity contribution in [3.05, 3.63) is 196 Å². The van der Waals surface area contributed by atoms with E-state index in [0.29, 0.717) is 36.7 Å². The highest BCUT2D eigenvalue weighted by atomic mass is 16.2. The number of pyridine rings is 3. The summed E-state index contributed by atoms with van der Waals surface area (Å²) in [5.74, 6) is -0.650. The van der Waals surface area contributed by atoms with Gasteiger partial charge < -0.3 is 16.0 Å². The second-order valence-corrected chi connectivity index (χ2v) is 16.2. The van der Waals surface area contributed by atoms with Crippen molar-refractivity contribution in [1.29, 1.82) is 0 Å². The number of rotatable bonds is 15. The maximum Gasteiger partial charge on any atom is 0.270 e. The summed E-state index contributed by atoms with van der Waals surface area (Å²) in [6.45, 7) is 12.1. The Bertz CT molecular complexity index is 2140. The Hall–Kier alpha value is -6.60. The summed E-state index contributed by atoms with van der Waals surface area (Å²) >= 11 is 0. The summed E-state index contributed by atoms with van der Waals surface area (Å²) in [4.78, 5) is 61.6. The van der Waals surface area contributed by atoms with Crippen molar-refractivity contribution in [3.63, 3.8) is 0 Å². The molecule has 324 valence electrons. The first kappa shape index (κ1) is 44.5. The third kappa shape index (κ3) is 13.0. The molecule has 7 rings (SSSR count). The smallest absolute Gasteiger partial charge is 0.270 e. The summed E-state index contributed by atoms with van der Waals surface area (Å²) in [6, 6.07) is 46.0. The molecule has 4 heterocycles. The second-order valence-electron chi connectivity index (χ2n) is 16.2. The molecule has 3 amide bonds. The molecule has 0 unspecified atom stereocenters. The largest absolute Gasteiger partial charge is 0.344 e. The van der Waals surface area contributed by atoms with Gasteiger partial charge in [0.1, 0.15) is 17.1 Å². The molecular weight excluding hydrogens is 787 g/mol. The van der Waals surface area contributed by atoms with Gasteiger partial charge in [0.25, 0.3) is 17.7 Å². The molecule has 3 atom stereocenters. The van der Waals surface area contributed by atoms with Gasteiger partial charge in [0.15, 0.2) is 0 Å². The fraction of sp³-hybridized carbons (Fsp3) is 0.294. The molecule has 1 aliphatic heterocycles. The van der Waals surface area contributed by atoms with Gasteiger partial charge in [-0.15, -0.1) is 0 Å². The highest BCUT2D eigenvalue weighted by Crippen LogP contribution is 2.17. The number of nitrogens with zero attached hydrogens (tertiary/aromatic N) is 6. The number of hydrogen-bond acceptors (Lipinski definition) is 9. The van der Waals surface area contributed by atoms with Crippen molar-refractivity contribution in [3.8, 4) is 0 Å². The number of carbonyl (C=O) groups excluding carboxylic acids is 3. The van der Waals surface area contributed by atoms with Crippen LogP contribution in [-0.4, -0.2) is 86.6 Å². The van der Waals surface area contributed by atoms with Crippen LogP contribution in [0.25, 0.3) is 0 Å². The van der Waals surface area contributed by atoms with Gasteiger partial charge in [0.05, 0.1) is 35.2 Å². The Labute approximate surface area is 370 Å². The van der Waals surface area contributed by atoms with E-state index in [9.17, 15) is 14.4 Å². The van der Waals surface area contributed by atoms with Gasteiger partial charge in [-0.2, -0.15) is 0 Å². The van der Waals surface area contributed by atoms with Crippen LogP contribution in [-0.2, 0) is 19.6 Å². The highest BCUT2D eigenvalue weighted by molar-refractivity contribution is 5.93. The summed E-state index contributed by atoms with van der Waals surface area (Å²) in [7, 11) is 0. The highest BCUT2D eigenvalue weighted by Gasteiger charge is 2.21. The molecule has 0 spiro atoms. The van der Waals surface area contributed by atoms with Crippen LogP contribution in [0, 0.1) is 0 Å². The van der Waals surface area contributed by atoms with Crippen molar-refractivity contribution in [2.45, 2.75) is 58.5 Å². The van der Waals surface area contributed by atoms with E-state index in [0.717, 1.165) is 73.0 Å². The van der Waals surface area contributed by atoms with E-state index in [4.69, 9.17) is 15.0 Å². The maximum atomic E-state index is 13.4. The first-order chi connectivity index (χ1) is 30.7. The van der Waals surface area contributed by atoms with Crippen molar-refractivity contribution >= 4 is 17.7 Å². The molecule has 0 aliphatic carbocycles. The Morgan fingerprint density at radius 3 is 0.905 bits per heavy atom. The Morgan fingerprint density at radius 1 is 0.397 bits per heavy atom. The molecule has 12 heteroatoms. The lowest BCUT2D eigenvalue weighted by Crippen LogP contribution is -2.36. The molecular formula is C51H57N9O3. The van der Waals surface area contributed by atoms with Crippen molar-refractivity contribution in [2.75, 3.05) is 39.3 Å². The van der Waals surface area contributed by atoms with Crippen LogP contribution in [0.3, 0.4) is 0 Å². The maximum absolute atomic E-state index is 13.4. The normalized spacial score (nSPS) is 15.5. The van der Waals surface area contributed by atoms with Crippen LogP contribution < -0.4 is 16.0 Å². The molecule has 3 aromatic heterocycles. The first-order valence-corrected chi connectivity index (χ1v) is 21.8. The number of nitrogens with one attached hydrogen (secondary N) is 3. The SMILES string of the molecule is C[C@H](NC(=O)c1cccc(CN2CCN(Cc3cccc(C(=O)N[C@@H](C)c4ccccc4)n3)CCN(Cc3cccc(C(=O)N[C@@H](C)c4ccccc4)n3)CC2)n1)c1ccccc1. The van der Waals surface area contributed by atoms with Crippen molar-refractivity contribution in [1.82, 2.24) is 45.6 Å². The number of carbonyl (C=O) groups is 3. The van der Waals surface area contributed by atoms with E-state index in [1.165, 1.54) is 0 Å². The number of benzene rings is 3. The molecule has 63 heavy (non-hydrogen) atoms. The van der Waals surface area contributed by atoms with E-state index in [1.54, 1.807) is 18.2 Å². The van der Waals surface area contributed by atoms with Crippen LogP contribution in [0.5, 0.6) is 0 Å². The molecule has 1 aliphatic rings. The van der Waals surface area contributed by atoms with Crippen LogP contribution in [0.4, 0.5) is 0 Å². The minimum Gasteiger partial charge on any atom is -0.344 e. The van der Waals surface area contributed by atoms with E-state index >= 15 is 0 Å². The van der Waals surface area contributed by atoms with Gasteiger partial charge in [0, 0.05) is 58.9 Å². The van der Waals surface area contributed by atoms with Gasteiger partial charge in [-0.25, -0.2) is 15.0 Å². The second kappa shape index (κ2) is 22.0. The molecule has 3 aromatic carbocycles. The lowest BCUT2D eigenvalue weighted by atomic mass is 10.1. The van der Waals surface area contributed by atoms with E-state index in [-0.39, 0.29) is 35.8 Å². The molecule has 0 bridgehead atoms. The summed E-state index contributed by atoms with van der Waals surface area (Å²) in [5.41, 5.74) is 6.64. The average molecular weight is 844 g/mol. The van der Waals surface area contributed by atoms with Gasteiger partial charge in [-0.1, -0.05) is 109 Å². The molecule has 6 aromatic rings. The molecule has 1 fully saturated rings. The average Bonchev–Trinajstić information content (AvgIpc) is 3.40. The third-order valence-electron chi connectivity index (χ3n) is 11.4. The molecule has 0 radical (unpaired) electrons. The predicted molar refractivity (Wildman–Crippen MR) is 246 cm³/mol. The monoisotopic (exact) mass is 843 g/mol. The van der Waals surface area contributed by atoms with Crippen molar-refractivity contribution < 1.29 is 14.4 Å². The van der Waals surface area contributed by atoms with Crippen molar-refractivity contribution in [2.24, 2.45) is 0 Å². The summed E-state index contributed by atoms with van der Waals surface area (Å²) < 4.78 is 0. The Balaban J connectivity index is 1.05. The van der Waals surface area contributed by atoms with Gasteiger partial charge in [-0.3, -0.25) is 29.1 Å². The van der Waals surface area contributed by atoms with E-state index in [1.807, 2.05) is 148 Å². The van der Waals surface area contributed by atoms with E-state index < -0.39 is 0 Å². The lowest BCUT2D eigenvalue weighted by Gasteiger charge is -2.25. The predicted octanol–water partition coefficient (Wildman–Crippen LogP) is 7.16. The third-order valence-corrected chi connectivity index (χ3v) is 11.4. The molecule has 12 nitrogen and oxygen atoms in total. The Morgan fingerprint density at radius 2 is 0.651 bits per heavy atom. The number of hydrogen-bond donors (Lipinski definition) is 3. The van der Waals surface area contributed by atoms with Crippen LogP contribution >= 0.6 is 0 Å². The Kier molecular flexibility index (Phi) is 15.5. The fourth-order valence-electron chi connectivity index (χ4n) is 7.71. The zero-order valence-electron chi connectivity index (χ0n) is 36.4. The van der Waals surface area contributed by atoms with Crippen LogP contribution in [0.1, 0.15) is 104 Å². The minimum absolute atomic E-state index is 0.163. The zero-order chi connectivity index (χ0) is 44.0. The van der Waals surface area contributed by atoms with Gasteiger partial charge in [0.2, 0.25) is 0 Å².